The molecule has 0 spiro atoms. The number of hydrogen-bond donors (Lipinski definition) is 1. The van der Waals surface area contributed by atoms with Gasteiger partial charge in [0.25, 0.3) is 0 Å². The monoisotopic (exact) mass is 364 g/mol. The van der Waals surface area contributed by atoms with Crippen LogP contribution in [-0.4, -0.2) is 11.1 Å². The number of rotatable bonds is 5. The van der Waals surface area contributed by atoms with Crippen molar-refractivity contribution in [3.63, 3.8) is 0 Å². The molecule has 4 heteroatoms. The van der Waals surface area contributed by atoms with Gasteiger partial charge in [0.1, 0.15) is 11.6 Å². The zero-order chi connectivity index (χ0) is 19.4. The molecule has 3 aromatic carbocycles. The highest BCUT2D eigenvalue weighted by Gasteiger charge is 2.17. The molecule has 2 nitrogen and oxygen atoms in total. The molecule has 0 bridgehead atoms. The third kappa shape index (κ3) is 4.47. The molecule has 0 aromatic heterocycles. The molecule has 0 saturated carbocycles. The Bertz CT molecular complexity index is 992. The maximum Gasteiger partial charge on any atom is 0.335 e. The number of aromatic carboxylic acids is 1. The van der Waals surface area contributed by atoms with Gasteiger partial charge in [0, 0.05) is 5.92 Å². The molecule has 1 unspecified atom stereocenters. The van der Waals surface area contributed by atoms with E-state index in [-0.39, 0.29) is 23.1 Å². The predicted molar refractivity (Wildman–Crippen MR) is 103 cm³/mol. The fourth-order valence-corrected chi connectivity index (χ4v) is 2.97. The molecule has 0 aliphatic heterocycles. The highest BCUT2D eigenvalue weighted by Crippen LogP contribution is 2.29. The van der Waals surface area contributed by atoms with Crippen LogP contribution in [0, 0.1) is 11.6 Å². The minimum atomic E-state index is -1.01. The van der Waals surface area contributed by atoms with E-state index in [2.05, 4.69) is 0 Å². The van der Waals surface area contributed by atoms with E-state index in [1.807, 2.05) is 6.92 Å². The predicted octanol–water partition coefficient (Wildman–Crippen LogP) is 5.99. The first-order valence-electron chi connectivity index (χ1n) is 8.50. The second-order valence-corrected chi connectivity index (χ2v) is 6.31. The first kappa shape index (κ1) is 18.5. The van der Waals surface area contributed by atoms with E-state index >= 15 is 0 Å². The highest BCUT2D eigenvalue weighted by atomic mass is 19.1. The van der Waals surface area contributed by atoms with Crippen molar-refractivity contribution in [2.45, 2.75) is 12.8 Å². The van der Waals surface area contributed by atoms with Crippen molar-refractivity contribution >= 4 is 18.1 Å². The Morgan fingerprint density at radius 1 is 0.889 bits per heavy atom. The number of carbonyl (C=O) groups is 1. The van der Waals surface area contributed by atoms with E-state index < -0.39 is 5.97 Å². The van der Waals surface area contributed by atoms with Crippen molar-refractivity contribution in [2.24, 2.45) is 0 Å². The molecule has 136 valence electrons. The van der Waals surface area contributed by atoms with Gasteiger partial charge >= 0.3 is 5.97 Å². The van der Waals surface area contributed by atoms with Gasteiger partial charge in [0.05, 0.1) is 5.56 Å². The zero-order valence-electron chi connectivity index (χ0n) is 14.7. The number of halogens is 2. The van der Waals surface area contributed by atoms with Crippen LogP contribution in [0.15, 0.2) is 66.7 Å². The summed E-state index contributed by atoms with van der Waals surface area (Å²) in [5.74, 6) is -1.89. The Morgan fingerprint density at radius 2 is 1.56 bits per heavy atom. The van der Waals surface area contributed by atoms with Crippen LogP contribution in [0.25, 0.3) is 12.2 Å². The van der Waals surface area contributed by atoms with E-state index in [1.54, 1.807) is 54.6 Å². The summed E-state index contributed by atoms with van der Waals surface area (Å²) >= 11 is 0. The SMILES string of the molecule is CC(c1ccc(F)cc1)c1cc(/C=C/c2cccc(F)c2)ccc1C(=O)O. The molecule has 0 radical (unpaired) electrons. The van der Waals surface area contributed by atoms with Gasteiger partial charge in [-0.2, -0.15) is 0 Å². The third-order valence-electron chi connectivity index (χ3n) is 4.46. The molecule has 1 atom stereocenters. The molecule has 0 saturated heterocycles. The summed E-state index contributed by atoms with van der Waals surface area (Å²) in [7, 11) is 0. The minimum Gasteiger partial charge on any atom is -0.478 e. The largest absolute Gasteiger partial charge is 0.478 e. The average Bonchev–Trinajstić information content (AvgIpc) is 2.66. The summed E-state index contributed by atoms with van der Waals surface area (Å²) < 4.78 is 26.5. The Balaban J connectivity index is 1.97. The fraction of sp³-hybridized carbons (Fsp3) is 0.0870. The second kappa shape index (κ2) is 7.96. The van der Waals surface area contributed by atoms with E-state index in [4.69, 9.17) is 0 Å². The van der Waals surface area contributed by atoms with E-state index in [0.29, 0.717) is 11.1 Å². The summed E-state index contributed by atoms with van der Waals surface area (Å²) in [6, 6.07) is 17.3. The molecule has 0 aliphatic rings. The van der Waals surface area contributed by atoms with E-state index in [1.165, 1.54) is 24.3 Å². The number of hydrogen-bond acceptors (Lipinski definition) is 1. The highest BCUT2D eigenvalue weighted by molar-refractivity contribution is 5.90. The van der Waals surface area contributed by atoms with E-state index in [0.717, 1.165) is 11.1 Å². The quantitative estimate of drug-likeness (QED) is 0.565. The first-order chi connectivity index (χ1) is 12.9. The standard InChI is InChI=1S/C23H18F2O2/c1-15(18-8-10-19(24)11-9-18)22-14-17(7-12-21(22)23(26)27)6-5-16-3-2-4-20(25)13-16/h2-15H,1H3,(H,26,27)/b6-5+. The second-order valence-electron chi connectivity index (χ2n) is 6.31. The number of carboxylic acids is 1. The van der Waals surface area contributed by atoms with Gasteiger partial charge in [0.15, 0.2) is 0 Å². The Labute approximate surface area is 156 Å². The molecule has 1 N–H and O–H groups in total. The van der Waals surface area contributed by atoms with Gasteiger partial charge in [-0.25, -0.2) is 13.6 Å². The van der Waals surface area contributed by atoms with Crippen LogP contribution in [0.4, 0.5) is 8.78 Å². The molecule has 0 amide bonds. The van der Waals surface area contributed by atoms with Crippen LogP contribution < -0.4 is 0 Å². The summed E-state index contributed by atoms with van der Waals surface area (Å²) in [6.07, 6.45) is 3.58. The molecule has 27 heavy (non-hydrogen) atoms. The molecule has 0 aliphatic carbocycles. The van der Waals surface area contributed by atoms with Crippen molar-refractivity contribution in [1.82, 2.24) is 0 Å². The van der Waals surface area contributed by atoms with Crippen LogP contribution in [0.1, 0.15) is 45.5 Å². The van der Waals surface area contributed by atoms with Crippen LogP contribution in [-0.2, 0) is 0 Å². The Hall–Kier alpha value is -3.27. The normalized spacial score (nSPS) is 12.3. The summed E-state index contributed by atoms with van der Waals surface area (Å²) in [5, 5.41) is 9.52. The molecule has 0 heterocycles. The lowest BCUT2D eigenvalue weighted by molar-refractivity contribution is 0.0695. The first-order valence-corrected chi connectivity index (χ1v) is 8.50. The van der Waals surface area contributed by atoms with Crippen LogP contribution >= 0.6 is 0 Å². The van der Waals surface area contributed by atoms with Crippen LogP contribution in [0.3, 0.4) is 0 Å². The lowest BCUT2D eigenvalue weighted by Crippen LogP contribution is -2.07. The van der Waals surface area contributed by atoms with Gasteiger partial charge in [-0.15, -0.1) is 0 Å². The maximum absolute atomic E-state index is 13.3. The number of benzene rings is 3. The molecule has 3 rings (SSSR count). The van der Waals surface area contributed by atoms with Gasteiger partial charge in [-0.3, -0.25) is 0 Å². The third-order valence-corrected chi connectivity index (χ3v) is 4.46. The average molecular weight is 364 g/mol. The molecular formula is C23H18F2O2. The summed E-state index contributed by atoms with van der Waals surface area (Å²) in [4.78, 5) is 11.6. The van der Waals surface area contributed by atoms with Crippen LogP contribution in [0.5, 0.6) is 0 Å². The van der Waals surface area contributed by atoms with Gasteiger partial charge in [-0.1, -0.05) is 55.5 Å². The molecule has 0 fully saturated rings. The van der Waals surface area contributed by atoms with Crippen molar-refractivity contribution < 1.29 is 18.7 Å². The smallest absolute Gasteiger partial charge is 0.335 e. The van der Waals surface area contributed by atoms with Crippen molar-refractivity contribution in [2.75, 3.05) is 0 Å². The number of carboxylic acid groups (broad SMARTS) is 1. The zero-order valence-corrected chi connectivity index (χ0v) is 14.7. The summed E-state index contributed by atoms with van der Waals surface area (Å²) in [5.41, 5.74) is 3.18. The van der Waals surface area contributed by atoms with Gasteiger partial charge in [-0.05, 0) is 52.6 Å². The van der Waals surface area contributed by atoms with Gasteiger partial charge in [0.2, 0.25) is 0 Å². The minimum absolute atomic E-state index is 0.203. The lowest BCUT2D eigenvalue weighted by Gasteiger charge is -2.16. The van der Waals surface area contributed by atoms with Crippen molar-refractivity contribution in [1.29, 1.82) is 0 Å². The topological polar surface area (TPSA) is 37.3 Å². The van der Waals surface area contributed by atoms with Crippen LogP contribution in [0.2, 0.25) is 0 Å². The summed E-state index contributed by atoms with van der Waals surface area (Å²) in [6.45, 7) is 1.88. The molecule has 3 aromatic rings. The van der Waals surface area contributed by atoms with E-state index in [9.17, 15) is 18.7 Å². The van der Waals surface area contributed by atoms with Crippen molar-refractivity contribution in [3.05, 3.63) is 106 Å². The Kier molecular flexibility index (Phi) is 5.46. The van der Waals surface area contributed by atoms with Crippen molar-refractivity contribution in [3.8, 4) is 0 Å². The fourth-order valence-electron chi connectivity index (χ4n) is 2.97. The molecular weight excluding hydrogens is 346 g/mol. The van der Waals surface area contributed by atoms with Gasteiger partial charge < -0.3 is 5.11 Å². The maximum atomic E-state index is 13.3. The Morgan fingerprint density at radius 3 is 2.19 bits per heavy atom. The lowest BCUT2D eigenvalue weighted by atomic mass is 9.88.